The molecule has 0 aromatic heterocycles. The first kappa shape index (κ1) is 15.7. The van der Waals surface area contributed by atoms with E-state index in [2.05, 4.69) is 0 Å². The largest absolute Gasteiger partial charge is 2.00 e. The fourth-order valence-electron chi connectivity index (χ4n) is 0. The zero-order chi connectivity index (χ0) is 5.41. The molecule has 0 saturated carbocycles. The summed E-state index contributed by atoms with van der Waals surface area (Å²) in [5.74, 6) is 0. The van der Waals surface area contributed by atoms with Crippen LogP contribution in [0.15, 0.2) is 0 Å². The van der Waals surface area contributed by atoms with Gasteiger partial charge in [0.25, 0.3) is 0 Å². The van der Waals surface area contributed by atoms with E-state index in [1.54, 1.807) is 0 Å². The van der Waals surface area contributed by atoms with Crippen molar-refractivity contribution in [3.8, 4) is 0 Å². The quantitative estimate of drug-likeness (QED) is 0.437. The SMILES string of the molecule is O=B[O-].O=B[O-].[Ra+2]. The van der Waals surface area contributed by atoms with Gasteiger partial charge in [0, 0.05) is 0 Å². The summed E-state index contributed by atoms with van der Waals surface area (Å²) in [6.45, 7) is 0. The standard InChI is InChI=1S/2BO2.Ra/c2*2-1-3;/q2*-1;+2. The minimum Gasteiger partial charge on any atom is 2.00 e. The van der Waals surface area contributed by atoms with Crippen molar-refractivity contribution in [3.63, 3.8) is 0 Å². The van der Waals surface area contributed by atoms with Gasteiger partial charge in [0.15, 0.2) is 0 Å². The minimum atomic E-state index is -0.500. The van der Waals surface area contributed by atoms with Gasteiger partial charge in [-0.2, -0.15) is 0 Å². The summed E-state index contributed by atoms with van der Waals surface area (Å²) in [4.78, 5) is 0. The first-order valence-corrected chi connectivity index (χ1v) is 0.943. The fraction of sp³-hybridized carbons (Fsp3) is 0. The van der Waals surface area contributed by atoms with Gasteiger partial charge >= 0.3 is 79.2 Å². The molecule has 0 aliphatic heterocycles. The van der Waals surface area contributed by atoms with Gasteiger partial charge < -0.3 is 0 Å². The van der Waals surface area contributed by atoms with Crippen molar-refractivity contribution in [2.24, 2.45) is 0 Å². The maximum absolute atomic E-state index is 8.25. The molecule has 7 heteroatoms. The predicted octanol–water partition coefficient (Wildman–Crippen LogP) is -3.38. The topological polar surface area (TPSA) is 80.3 Å². The Morgan fingerprint density at radius 1 is 1.00 bits per heavy atom. The summed E-state index contributed by atoms with van der Waals surface area (Å²) in [5, 5.41) is 16.5. The smallest absolute Gasteiger partial charge is 2.00 e. The van der Waals surface area contributed by atoms with Crippen molar-refractivity contribution in [2.75, 3.05) is 0 Å². The van der Waals surface area contributed by atoms with Crippen LogP contribution in [0.4, 0.5) is 0 Å². The van der Waals surface area contributed by atoms with E-state index >= 15 is 0 Å². The van der Waals surface area contributed by atoms with E-state index in [-0.39, 0.29) is 45.0 Å². The molecule has 0 aliphatic rings. The molecule has 0 bridgehead atoms. The monoisotopic (exact) mass is 312 g/mol. The van der Waals surface area contributed by atoms with Crippen LogP contribution in [-0.2, 0) is 9.41 Å². The molecule has 7 heavy (non-hydrogen) atoms. The summed E-state index contributed by atoms with van der Waals surface area (Å²) >= 11 is 0. The van der Waals surface area contributed by atoms with Gasteiger partial charge in [-0.15, -0.1) is 0 Å². The average molecular weight is 312 g/mol. The van der Waals surface area contributed by atoms with Crippen molar-refractivity contribution >= 4 is 14.7 Å². The van der Waals surface area contributed by atoms with Crippen LogP contribution >= 0.6 is 0 Å². The summed E-state index contributed by atoms with van der Waals surface area (Å²) in [6.07, 6.45) is 0. The molecule has 0 aliphatic carbocycles. The third kappa shape index (κ3) is 246. The second-order valence-corrected chi connectivity index (χ2v) is 0.192. The van der Waals surface area contributed by atoms with Crippen LogP contribution in [0.3, 0.4) is 0 Å². The molecular weight excluding hydrogens is 312 g/mol. The molecule has 0 heterocycles. The second kappa shape index (κ2) is 29.2. The van der Waals surface area contributed by atoms with Gasteiger partial charge in [-0.1, -0.05) is 0 Å². The van der Waals surface area contributed by atoms with Crippen molar-refractivity contribution in [1.29, 1.82) is 0 Å². The van der Waals surface area contributed by atoms with Crippen LogP contribution in [-0.4, -0.2) is 14.7 Å². The number of hydrogen-bond acceptors (Lipinski definition) is 4. The summed E-state index contributed by atoms with van der Waals surface area (Å²) in [6, 6.07) is 0. The van der Waals surface area contributed by atoms with Crippen molar-refractivity contribution in [2.45, 2.75) is 0 Å². The molecular formula is B2O4Ra. The molecule has 0 radical (unpaired) electrons. The first-order valence-electron chi connectivity index (χ1n) is 0.943. The summed E-state index contributed by atoms with van der Waals surface area (Å²) in [7, 11) is -1.00. The number of hydrogen-bond donors (Lipinski definition) is 0. The van der Waals surface area contributed by atoms with E-state index in [0.29, 0.717) is 0 Å². The van der Waals surface area contributed by atoms with E-state index in [1.807, 2.05) is 0 Å². The van der Waals surface area contributed by atoms with E-state index in [1.165, 1.54) is 0 Å². The Labute approximate surface area is 78.3 Å². The van der Waals surface area contributed by atoms with Crippen LogP contribution in [0.5, 0.6) is 0 Å². The molecule has 0 saturated heterocycles. The first-order chi connectivity index (χ1) is 2.83. The molecule has 4 nitrogen and oxygen atoms in total. The molecule has 0 rings (SSSR count). The van der Waals surface area contributed by atoms with Crippen LogP contribution in [0, 0.1) is 45.0 Å². The molecule has 0 fully saturated rings. The third-order valence-electron chi connectivity index (χ3n) is 0. The zero-order valence-electron chi connectivity index (χ0n) is 3.49. The Kier molecular flexibility index (Phi) is 65.3. The van der Waals surface area contributed by atoms with Crippen molar-refractivity contribution in [1.82, 2.24) is 0 Å². The number of rotatable bonds is 0. The average Bonchev–Trinajstić information content (AvgIpc) is 1.39. The van der Waals surface area contributed by atoms with Gasteiger partial charge in [-0.25, -0.2) is 0 Å². The maximum atomic E-state index is 8.25. The second-order valence-electron chi connectivity index (χ2n) is 0.192. The van der Waals surface area contributed by atoms with Crippen LogP contribution < -0.4 is 10.0 Å². The van der Waals surface area contributed by atoms with Gasteiger partial charge in [-0.3, -0.25) is 0 Å². The zero-order valence-corrected chi connectivity index (χ0v) is 9.31. The van der Waals surface area contributed by atoms with Crippen molar-refractivity contribution in [3.05, 3.63) is 0 Å². The molecule has 0 N–H and O–H groups in total. The Balaban J connectivity index is -0.0000000400. The fourth-order valence-corrected chi connectivity index (χ4v) is 0. The van der Waals surface area contributed by atoms with E-state index in [4.69, 9.17) is 19.5 Å². The molecule has 0 spiro atoms. The van der Waals surface area contributed by atoms with Gasteiger partial charge in [-0.05, 0) is 0 Å². The molecule has 0 aromatic carbocycles. The Bertz CT molecular complexity index is 30.7. The minimum absolute atomic E-state index is 0. The molecule has 0 unspecified atom stereocenters. The van der Waals surface area contributed by atoms with E-state index < -0.39 is 14.7 Å². The predicted molar refractivity (Wildman–Crippen MR) is 12.9 cm³/mol. The van der Waals surface area contributed by atoms with Gasteiger partial charge in [0.1, 0.15) is 0 Å². The van der Waals surface area contributed by atoms with Crippen molar-refractivity contribution < 1.29 is 64.5 Å². The molecule has 0 atom stereocenters. The molecule has 0 amide bonds. The van der Waals surface area contributed by atoms with Crippen LogP contribution in [0.2, 0.25) is 0 Å². The van der Waals surface area contributed by atoms with E-state index in [0.717, 1.165) is 0 Å². The van der Waals surface area contributed by atoms with Gasteiger partial charge in [0.05, 0.1) is 0 Å². The summed E-state index contributed by atoms with van der Waals surface area (Å²) < 4.78 is 16.5. The third-order valence-corrected chi connectivity index (χ3v) is 0. The molecule has 32 valence electrons. The Morgan fingerprint density at radius 3 is 1.00 bits per heavy atom. The Morgan fingerprint density at radius 2 is 1.00 bits per heavy atom. The van der Waals surface area contributed by atoms with Gasteiger partial charge in [0.2, 0.25) is 0 Å². The maximum Gasteiger partial charge on any atom is 2.00 e. The Hall–Kier alpha value is 0.797. The van der Waals surface area contributed by atoms with E-state index in [9.17, 15) is 0 Å². The van der Waals surface area contributed by atoms with Crippen LogP contribution in [0.1, 0.15) is 0 Å². The molecule has 0 aromatic rings. The van der Waals surface area contributed by atoms with Crippen LogP contribution in [0.25, 0.3) is 0 Å². The normalized spacial score (nSPS) is 2.29. The summed E-state index contributed by atoms with van der Waals surface area (Å²) in [5.41, 5.74) is 0.